The number of nitrogens with zero attached hydrogens (tertiary/aromatic N) is 1. The van der Waals surface area contributed by atoms with Crippen LogP contribution in [0.15, 0.2) is 18.3 Å². The van der Waals surface area contributed by atoms with E-state index in [1.807, 2.05) is 13.1 Å². The first-order valence-electron chi connectivity index (χ1n) is 7.43. The lowest BCUT2D eigenvalue weighted by atomic mass is 9.57. The Morgan fingerprint density at radius 1 is 1.22 bits per heavy atom. The zero-order valence-corrected chi connectivity index (χ0v) is 11.4. The highest BCUT2D eigenvalue weighted by Gasteiger charge is 2.46. The van der Waals surface area contributed by atoms with Crippen molar-refractivity contribution < 1.29 is 0 Å². The topological polar surface area (TPSA) is 24.9 Å². The Labute approximate surface area is 110 Å². The summed E-state index contributed by atoms with van der Waals surface area (Å²) in [5, 5.41) is 3.78. The summed E-state index contributed by atoms with van der Waals surface area (Å²) in [7, 11) is 0. The van der Waals surface area contributed by atoms with Gasteiger partial charge < -0.3 is 5.32 Å². The van der Waals surface area contributed by atoms with Gasteiger partial charge in [-0.05, 0) is 49.7 Å². The maximum absolute atomic E-state index is 4.36. The van der Waals surface area contributed by atoms with Crippen molar-refractivity contribution in [3.63, 3.8) is 0 Å². The number of aryl methyl sites for hydroxylation is 1. The van der Waals surface area contributed by atoms with E-state index in [1.165, 1.54) is 50.5 Å². The van der Waals surface area contributed by atoms with E-state index in [9.17, 15) is 0 Å². The number of rotatable bonds is 3. The van der Waals surface area contributed by atoms with Gasteiger partial charge in [0.25, 0.3) is 0 Å². The molecule has 18 heavy (non-hydrogen) atoms. The zero-order chi connectivity index (χ0) is 12.4. The van der Waals surface area contributed by atoms with Gasteiger partial charge in [-0.25, -0.2) is 0 Å². The fraction of sp³-hybridized carbons (Fsp3) is 0.688. The smallest absolute Gasteiger partial charge is 0.0372 e. The summed E-state index contributed by atoms with van der Waals surface area (Å²) in [6, 6.07) is 5.06. The molecule has 2 heteroatoms. The van der Waals surface area contributed by atoms with Crippen molar-refractivity contribution in [1.29, 1.82) is 0 Å². The van der Waals surface area contributed by atoms with Crippen molar-refractivity contribution >= 4 is 0 Å². The highest BCUT2D eigenvalue weighted by molar-refractivity contribution is 5.13. The molecule has 1 aromatic rings. The molecule has 98 valence electrons. The molecule has 0 saturated heterocycles. The molecule has 2 aliphatic carbocycles. The van der Waals surface area contributed by atoms with E-state index in [0.29, 0.717) is 5.41 Å². The highest BCUT2D eigenvalue weighted by atomic mass is 15.0. The molecule has 2 aliphatic rings. The third-order valence-electron chi connectivity index (χ3n) is 5.04. The van der Waals surface area contributed by atoms with Crippen LogP contribution in [0.5, 0.6) is 0 Å². The Morgan fingerprint density at radius 3 is 2.67 bits per heavy atom. The van der Waals surface area contributed by atoms with Crippen LogP contribution in [-0.2, 0) is 6.54 Å². The van der Waals surface area contributed by atoms with Crippen LogP contribution in [-0.4, -0.2) is 11.0 Å². The molecule has 2 saturated carbocycles. The lowest BCUT2D eigenvalue weighted by Gasteiger charge is -2.52. The highest BCUT2D eigenvalue weighted by Crippen LogP contribution is 2.51. The van der Waals surface area contributed by atoms with E-state index in [2.05, 4.69) is 22.4 Å². The van der Waals surface area contributed by atoms with Crippen LogP contribution in [0.3, 0.4) is 0 Å². The normalized spacial score (nSPS) is 25.9. The van der Waals surface area contributed by atoms with Gasteiger partial charge in [0.05, 0.1) is 0 Å². The zero-order valence-electron chi connectivity index (χ0n) is 11.4. The molecular weight excluding hydrogens is 220 g/mol. The Balaban J connectivity index is 1.55. The van der Waals surface area contributed by atoms with Crippen molar-refractivity contribution in [3.05, 3.63) is 29.6 Å². The van der Waals surface area contributed by atoms with E-state index in [0.717, 1.165) is 18.3 Å². The number of hydrogen-bond acceptors (Lipinski definition) is 2. The van der Waals surface area contributed by atoms with E-state index in [4.69, 9.17) is 0 Å². The molecule has 2 nitrogen and oxygen atoms in total. The van der Waals surface area contributed by atoms with E-state index in [1.54, 1.807) is 0 Å². The average molecular weight is 244 g/mol. The maximum atomic E-state index is 4.36. The predicted molar refractivity (Wildman–Crippen MR) is 74.4 cm³/mol. The van der Waals surface area contributed by atoms with Gasteiger partial charge in [0.2, 0.25) is 0 Å². The van der Waals surface area contributed by atoms with Crippen LogP contribution in [0.25, 0.3) is 0 Å². The molecule has 1 atom stereocenters. The molecule has 2 fully saturated rings. The van der Waals surface area contributed by atoms with Crippen LogP contribution in [0.1, 0.15) is 56.2 Å². The quantitative estimate of drug-likeness (QED) is 0.879. The van der Waals surface area contributed by atoms with Gasteiger partial charge in [-0.15, -0.1) is 0 Å². The van der Waals surface area contributed by atoms with Crippen molar-refractivity contribution in [2.45, 2.75) is 64.5 Å². The van der Waals surface area contributed by atoms with Gasteiger partial charge >= 0.3 is 0 Å². The minimum Gasteiger partial charge on any atom is -0.309 e. The first kappa shape index (κ1) is 12.2. The second-order valence-electron chi connectivity index (χ2n) is 6.20. The van der Waals surface area contributed by atoms with Crippen LogP contribution in [0.2, 0.25) is 0 Å². The van der Waals surface area contributed by atoms with Crippen LogP contribution < -0.4 is 5.32 Å². The molecule has 1 N–H and O–H groups in total. The van der Waals surface area contributed by atoms with Crippen LogP contribution in [0, 0.1) is 12.3 Å². The summed E-state index contributed by atoms with van der Waals surface area (Å²) in [5.74, 6) is 0. The largest absolute Gasteiger partial charge is 0.309 e. The predicted octanol–water partition coefficient (Wildman–Crippen LogP) is 3.59. The van der Waals surface area contributed by atoms with Gasteiger partial charge in [0, 0.05) is 24.5 Å². The fourth-order valence-electron chi connectivity index (χ4n) is 3.71. The number of pyridine rings is 1. The molecule has 0 amide bonds. The first-order valence-corrected chi connectivity index (χ1v) is 7.43. The van der Waals surface area contributed by atoms with Gasteiger partial charge in [0.1, 0.15) is 0 Å². The second-order valence-corrected chi connectivity index (χ2v) is 6.20. The Bertz CT molecular complexity index is 390. The monoisotopic (exact) mass is 244 g/mol. The lowest BCUT2D eigenvalue weighted by Crippen LogP contribution is -2.53. The molecule has 1 aromatic heterocycles. The van der Waals surface area contributed by atoms with Crippen molar-refractivity contribution in [1.82, 2.24) is 10.3 Å². The van der Waals surface area contributed by atoms with E-state index in [-0.39, 0.29) is 0 Å². The van der Waals surface area contributed by atoms with Crippen LogP contribution in [0.4, 0.5) is 0 Å². The summed E-state index contributed by atoms with van der Waals surface area (Å²) in [6.45, 7) is 3.03. The second kappa shape index (κ2) is 5.00. The molecule has 3 rings (SSSR count). The third kappa shape index (κ3) is 2.31. The van der Waals surface area contributed by atoms with Crippen molar-refractivity contribution in [2.24, 2.45) is 5.41 Å². The minimum absolute atomic E-state index is 0.663. The van der Waals surface area contributed by atoms with Crippen molar-refractivity contribution in [2.75, 3.05) is 0 Å². The summed E-state index contributed by atoms with van der Waals surface area (Å²) in [4.78, 5) is 4.36. The lowest BCUT2D eigenvalue weighted by molar-refractivity contribution is 0.0221. The van der Waals surface area contributed by atoms with Gasteiger partial charge in [-0.1, -0.05) is 25.3 Å². The van der Waals surface area contributed by atoms with Crippen LogP contribution >= 0.6 is 0 Å². The van der Waals surface area contributed by atoms with Gasteiger partial charge in [0.15, 0.2) is 0 Å². The summed E-state index contributed by atoms with van der Waals surface area (Å²) in [5.41, 5.74) is 3.08. The molecule has 0 radical (unpaired) electrons. The summed E-state index contributed by atoms with van der Waals surface area (Å²) >= 11 is 0. The number of hydrogen-bond donors (Lipinski definition) is 1. The SMILES string of the molecule is Cc1ccc(CNC2CCC23CCCCC3)cn1. The Kier molecular flexibility index (Phi) is 3.38. The van der Waals surface area contributed by atoms with Gasteiger partial charge in [-0.2, -0.15) is 0 Å². The average Bonchev–Trinajstić information content (AvgIpc) is 2.41. The van der Waals surface area contributed by atoms with Gasteiger partial charge in [-0.3, -0.25) is 4.98 Å². The Hall–Kier alpha value is -0.890. The van der Waals surface area contributed by atoms with Crippen molar-refractivity contribution in [3.8, 4) is 0 Å². The molecule has 0 bridgehead atoms. The van der Waals surface area contributed by atoms with E-state index >= 15 is 0 Å². The molecule has 1 heterocycles. The molecule has 0 aliphatic heterocycles. The minimum atomic E-state index is 0.663. The first-order chi connectivity index (χ1) is 8.78. The maximum Gasteiger partial charge on any atom is 0.0372 e. The Morgan fingerprint density at radius 2 is 2.06 bits per heavy atom. The summed E-state index contributed by atoms with van der Waals surface area (Å²) in [6.07, 6.45) is 12.1. The standard InChI is InChI=1S/C16H24N2/c1-13-5-6-14(11-17-13)12-18-15-7-10-16(15)8-3-2-4-9-16/h5-6,11,15,18H,2-4,7-10,12H2,1H3. The molecular formula is C16H24N2. The summed E-state index contributed by atoms with van der Waals surface area (Å²) < 4.78 is 0. The number of aromatic nitrogens is 1. The molecule has 0 aromatic carbocycles. The molecule has 1 spiro atoms. The third-order valence-corrected chi connectivity index (χ3v) is 5.04. The number of nitrogens with one attached hydrogen (secondary N) is 1. The van der Waals surface area contributed by atoms with E-state index < -0.39 is 0 Å². The molecule has 1 unspecified atom stereocenters. The fourth-order valence-corrected chi connectivity index (χ4v) is 3.71.